The SMILES string of the molecule is CCCc1ccc(C#N)c(SCC(=O)Nc2ccccc2OC)n1. The molecule has 1 heterocycles. The highest BCUT2D eigenvalue weighted by Gasteiger charge is 2.11. The average Bonchev–Trinajstić information content (AvgIpc) is 2.61. The van der Waals surface area contributed by atoms with Crippen LogP contribution in [0.2, 0.25) is 0 Å². The number of nitriles is 1. The minimum Gasteiger partial charge on any atom is -0.495 e. The molecular weight excluding hydrogens is 322 g/mol. The van der Waals surface area contributed by atoms with E-state index >= 15 is 0 Å². The lowest BCUT2D eigenvalue weighted by Gasteiger charge is -2.10. The predicted molar refractivity (Wildman–Crippen MR) is 95.3 cm³/mol. The van der Waals surface area contributed by atoms with Gasteiger partial charge in [-0.1, -0.05) is 37.2 Å². The van der Waals surface area contributed by atoms with Gasteiger partial charge >= 0.3 is 0 Å². The number of carbonyl (C=O) groups is 1. The molecule has 1 N–H and O–H groups in total. The molecule has 5 nitrogen and oxygen atoms in total. The normalized spacial score (nSPS) is 10.0. The first-order valence-electron chi connectivity index (χ1n) is 7.63. The summed E-state index contributed by atoms with van der Waals surface area (Å²) in [6.45, 7) is 2.08. The van der Waals surface area contributed by atoms with E-state index in [1.165, 1.54) is 11.8 Å². The Morgan fingerprint density at radius 2 is 2.12 bits per heavy atom. The number of hydrogen-bond acceptors (Lipinski definition) is 5. The Morgan fingerprint density at radius 3 is 2.83 bits per heavy atom. The van der Waals surface area contributed by atoms with Crippen molar-refractivity contribution in [1.82, 2.24) is 4.98 Å². The van der Waals surface area contributed by atoms with Crippen LogP contribution in [0.4, 0.5) is 5.69 Å². The van der Waals surface area contributed by atoms with Gasteiger partial charge in [-0.05, 0) is 30.7 Å². The number of para-hydroxylation sites is 2. The number of carbonyl (C=O) groups excluding carboxylic acids is 1. The van der Waals surface area contributed by atoms with E-state index in [0.717, 1.165) is 18.5 Å². The number of amides is 1. The molecule has 124 valence electrons. The van der Waals surface area contributed by atoms with Gasteiger partial charge in [0.25, 0.3) is 0 Å². The van der Waals surface area contributed by atoms with Crippen LogP contribution in [0.3, 0.4) is 0 Å². The van der Waals surface area contributed by atoms with E-state index in [1.807, 2.05) is 18.2 Å². The second kappa shape index (κ2) is 8.94. The molecule has 0 fully saturated rings. The van der Waals surface area contributed by atoms with Gasteiger partial charge in [0.2, 0.25) is 5.91 Å². The molecule has 2 aromatic rings. The van der Waals surface area contributed by atoms with Crippen molar-refractivity contribution in [3.63, 3.8) is 0 Å². The summed E-state index contributed by atoms with van der Waals surface area (Å²) in [7, 11) is 1.56. The molecule has 0 aliphatic rings. The molecule has 0 aliphatic carbocycles. The highest BCUT2D eigenvalue weighted by atomic mass is 32.2. The Kier molecular flexibility index (Phi) is 6.64. The van der Waals surface area contributed by atoms with Crippen molar-refractivity contribution in [2.45, 2.75) is 24.8 Å². The third-order valence-corrected chi connectivity index (χ3v) is 4.26. The molecule has 1 amide bonds. The minimum atomic E-state index is -0.170. The van der Waals surface area contributed by atoms with Crippen LogP contribution < -0.4 is 10.1 Å². The van der Waals surface area contributed by atoms with Gasteiger partial charge in [0, 0.05) is 5.69 Å². The van der Waals surface area contributed by atoms with Crippen LogP contribution in [-0.2, 0) is 11.2 Å². The van der Waals surface area contributed by atoms with Gasteiger partial charge < -0.3 is 10.1 Å². The lowest BCUT2D eigenvalue weighted by Crippen LogP contribution is -2.15. The first-order chi connectivity index (χ1) is 11.7. The number of ether oxygens (including phenoxy) is 1. The molecule has 6 heteroatoms. The molecule has 0 aliphatic heterocycles. The average molecular weight is 341 g/mol. The number of aryl methyl sites for hydroxylation is 1. The molecule has 0 spiro atoms. The maximum Gasteiger partial charge on any atom is 0.234 e. The number of benzene rings is 1. The second-order valence-electron chi connectivity index (χ2n) is 5.05. The molecule has 1 aromatic carbocycles. The third kappa shape index (κ3) is 4.74. The third-order valence-electron chi connectivity index (χ3n) is 3.27. The molecule has 0 saturated carbocycles. The quantitative estimate of drug-likeness (QED) is 0.778. The fourth-order valence-corrected chi connectivity index (χ4v) is 2.93. The van der Waals surface area contributed by atoms with Gasteiger partial charge in [-0.2, -0.15) is 5.26 Å². The summed E-state index contributed by atoms with van der Waals surface area (Å²) in [5.41, 5.74) is 2.05. The Morgan fingerprint density at radius 1 is 1.33 bits per heavy atom. The molecule has 0 atom stereocenters. The molecule has 0 bridgehead atoms. The van der Waals surface area contributed by atoms with E-state index in [2.05, 4.69) is 23.3 Å². The van der Waals surface area contributed by atoms with Crippen molar-refractivity contribution < 1.29 is 9.53 Å². The molecule has 0 unspecified atom stereocenters. The van der Waals surface area contributed by atoms with E-state index < -0.39 is 0 Å². The van der Waals surface area contributed by atoms with E-state index in [-0.39, 0.29) is 11.7 Å². The smallest absolute Gasteiger partial charge is 0.234 e. The van der Waals surface area contributed by atoms with Crippen LogP contribution in [-0.4, -0.2) is 23.8 Å². The number of rotatable bonds is 7. The molecule has 1 aromatic heterocycles. The Balaban J connectivity index is 2.03. The van der Waals surface area contributed by atoms with Gasteiger partial charge in [-0.25, -0.2) is 4.98 Å². The summed E-state index contributed by atoms with van der Waals surface area (Å²) in [4.78, 5) is 16.6. The fraction of sp³-hybridized carbons (Fsp3) is 0.278. The Bertz CT molecular complexity index is 756. The Labute approximate surface area is 146 Å². The number of nitrogens with one attached hydrogen (secondary N) is 1. The van der Waals surface area contributed by atoms with Crippen LogP contribution >= 0.6 is 11.8 Å². The van der Waals surface area contributed by atoms with Gasteiger partial charge in [0.1, 0.15) is 16.8 Å². The van der Waals surface area contributed by atoms with Crippen molar-refractivity contribution in [1.29, 1.82) is 5.26 Å². The standard InChI is InChI=1S/C18H19N3O2S/c1-3-6-14-10-9-13(11-19)18(20-14)24-12-17(22)21-15-7-4-5-8-16(15)23-2/h4-5,7-10H,3,6,12H2,1-2H3,(H,21,22). The lowest BCUT2D eigenvalue weighted by atomic mass is 10.2. The zero-order chi connectivity index (χ0) is 17.4. The fourth-order valence-electron chi connectivity index (χ4n) is 2.14. The molecule has 0 radical (unpaired) electrons. The van der Waals surface area contributed by atoms with Crippen LogP contribution in [0.25, 0.3) is 0 Å². The number of thioether (sulfide) groups is 1. The highest BCUT2D eigenvalue weighted by molar-refractivity contribution is 8.00. The van der Waals surface area contributed by atoms with Crippen molar-refractivity contribution in [3.05, 3.63) is 47.7 Å². The summed E-state index contributed by atoms with van der Waals surface area (Å²) in [6.07, 6.45) is 1.84. The summed E-state index contributed by atoms with van der Waals surface area (Å²) >= 11 is 1.27. The maximum absolute atomic E-state index is 12.2. The number of aromatic nitrogens is 1. The minimum absolute atomic E-state index is 0.170. The zero-order valence-corrected chi connectivity index (χ0v) is 14.5. The van der Waals surface area contributed by atoms with E-state index in [4.69, 9.17) is 4.74 Å². The monoisotopic (exact) mass is 341 g/mol. The van der Waals surface area contributed by atoms with Crippen LogP contribution in [0, 0.1) is 11.3 Å². The molecular formula is C18H19N3O2S. The zero-order valence-electron chi connectivity index (χ0n) is 13.7. The molecule has 24 heavy (non-hydrogen) atoms. The predicted octanol–water partition coefficient (Wildman–Crippen LogP) is 3.65. The Hall–Kier alpha value is -2.52. The van der Waals surface area contributed by atoms with Crippen LogP contribution in [0.1, 0.15) is 24.6 Å². The van der Waals surface area contributed by atoms with Crippen molar-refractivity contribution in [2.75, 3.05) is 18.2 Å². The van der Waals surface area contributed by atoms with Gasteiger partial charge in [0.05, 0.1) is 24.1 Å². The van der Waals surface area contributed by atoms with E-state index in [9.17, 15) is 10.1 Å². The lowest BCUT2D eigenvalue weighted by molar-refractivity contribution is -0.113. The number of pyridine rings is 1. The van der Waals surface area contributed by atoms with E-state index in [0.29, 0.717) is 22.0 Å². The summed E-state index contributed by atoms with van der Waals surface area (Å²) in [5.74, 6) is 0.614. The van der Waals surface area contributed by atoms with Crippen molar-refractivity contribution in [2.24, 2.45) is 0 Å². The second-order valence-corrected chi connectivity index (χ2v) is 6.02. The first-order valence-corrected chi connectivity index (χ1v) is 8.62. The van der Waals surface area contributed by atoms with Gasteiger partial charge in [0.15, 0.2) is 0 Å². The van der Waals surface area contributed by atoms with Crippen LogP contribution in [0.15, 0.2) is 41.4 Å². The highest BCUT2D eigenvalue weighted by Crippen LogP contribution is 2.25. The van der Waals surface area contributed by atoms with Crippen molar-refractivity contribution >= 4 is 23.4 Å². The number of anilines is 1. The first kappa shape index (κ1) is 17.8. The van der Waals surface area contributed by atoms with E-state index in [1.54, 1.807) is 25.3 Å². The topological polar surface area (TPSA) is 75.0 Å². The number of nitrogens with zero attached hydrogens (tertiary/aromatic N) is 2. The van der Waals surface area contributed by atoms with Gasteiger partial charge in [-0.15, -0.1) is 0 Å². The van der Waals surface area contributed by atoms with Crippen molar-refractivity contribution in [3.8, 4) is 11.8 Å². The summed E-state index contributed by atoms with van der Waals surface area (Å²) < 4.78 is 5.21. The molecule has 2 rings (SSSR count). The van der Waals surface area contributed by atoms with Crippen LogP contribution in [0.5, 0.6) is 5.75 Å². The molecule has 0 saturated heterocycles. The number of hydrogen-bond donors (Lipinski definition) is 1. The summed E-state index contributed by atoms with van der Waals surface area (Å²) in [6, 6.07) is 13.0. The summed E-state index contributed by atoms with van der Waals surface area (Å²) in [5, 5.41) is 12.6. The maximum atomic E-state index is 12.2. The van der Waals surface area contributed by atoms with Gasteiger partial charge in [-0.3, -0.25) is 4.79 Å². The largest absolute Gasteiger partial charge is 0.495 e. The number of methoxy groups -OCH3 is 1.